The van der Waals surface area contributed by atoms with Crippen LogP contribution in [0.5, 0.6) is 5.75 Å². The highest BCUT2D eigenvalue weighted by atomic mass is 16.3. The highest BCUT2D eigenvalue weighted by molar-refractivity contribution is 5.86. The first-order chi connectivity index (χ1) is 11.5. The third-order valence-electron chi connectivity index (χ3n) is 3.54. The van der Waals surface area contributed by atoms with E-state index in [9.17, 15) is 14.7 Å². The highest BCUT2D eigenvalue weighted by Gasteiger charge is 2.06. The molecule has 0 spiro atoms. The maximum absolute atomic E-state index is 11.7. The van der Waals surface area contributed by atoms with E-state index in [-0.39, 0.29) is 23.6 Å². The maximum Gasteiger partial charge on any atom is 0.264 e. The summed E-state index contributed by atoms with van der Waals surface area (Å²) >= 11 is 0. The van der Waals surface area contributed by atoms with Crippen LogP contribution in [-0.4, -0.2) is 40.5 Å². The van der Waals surface area contributed by atoms with Gasteiger partial charge in [0.2, 0.25) is 5.91 Å². The fraction of sp³-hybridized carbons (Fsp3) is 0.312. The molecule has 0 aliphatic rings. The monoisotopic (exact) mass is 331 g/mol. The Balaban J connectivity index is 1.96. The van der Waals surface area contributed by atoms with Gasteiger partial charge in [0.15, 0.2) is 0 Å². The lowest BCUT2D eigenvalue weighted by Crippen LogP contribution is -2.21. The molecule has 1 heterocycles. The predicted molar refractivity (Wildman–Crippen MR) is 92.5 cm³/mol. The first kappa shape index (κ1) is 17.3. The summed E-state index contributed by atoms with van der Waals surface area (Å²) in [5.74, 6) is -0.284. The van der Waals surface area contributed by atoms with Gasteiger partial charge in [-0.3, -0.25) is 14.7 Å². The minimum atomic E-state index is -0.374. The zero-order valence-electron chi connectivity index (χ0n) is 13.7. The number of hydrazone groups is 1. The van der Waals surface area contributed by atoms with Gasteiger partial charge in [-0.15, -0.1) is 0 Å². The van der Waals surface area contributed by atoms with Crippen molar-refractivity contribution in [3.63, 3.8) is 0 Å². The summed E-state index contributed by atoms with van der Waals surface area (Å²) in [6.07, 6.45) is 1.38. The van der Waals surface area contributed by atoms with Crippen LogP contribution < -0.4 is 15.9 Å². The van der Waals surface area contributed by atoms with E-state index in [1.165, 1.54) is 12.3 Å². The third kappa shape index (κ3) is 4.48. The second-order valence-electron chi connectivity index (χ2n) is 5.17. The van der Waals surface area contributed by atoms with E-state index in [1.54, 1.807) is 12.1 Å². The van der Waals surface area contributed by atoms with E-state index in [0.29, 0.717) is 11.3 Å². The number of phenols is 1. The van der Waals surface area contributed by atoms with Gasteiger partial charge in [0.25, 0.3) is 5.56 Å². The van der Waals surface area contributed by atoms with Gasteiger partial charge in [0, 0.05) is 42.2 Å². The van der Waals surface area contributed by atoms with E-state index >= 15 is 0 Å². The Labute approximate surface area is 139 Å². The number of rotatable bonds is 7. The number of anilines is 1. The van der Waals surface area contributed by atoms with Crippen molar-refractivity contribution in [3.8, 4) is 5.75 Å². The van der Waals surface area contributed by atoms with Crippen LogP contribution in [0.15, 0.2) is 34.2 Å². The molecule has 0 unspecified atom stereocenters. The van der Waals surface area contributed by atoms with Crippen LogP contribution in [0.1, 0.15) is 25.1 Å². The van der Waals surface area contributed by atoms with Gasteiger partial charge in [-0.25, -0.2) is 5.43 Å². The lowest BCUT2D eigenvalue weighted by atomic mass is 10.2. The van der Waals surface area contributed by atoms with Crippen molar-refractivity contribution in [3.05, 3.63) is 45.9 Å². The molecule has 0 radical (unpaired) electrons. The third-order valence-corrected chi connectivity index (χ3v) is 3.54. The zero-order valence-corrected chi connectivity index (χ0v) is 13.7. The Kier molecular flexibility index (Phi) is 5.78. The molecule has 2 rings (SSSR count). The molecule has 8 nitrogen and oxygen atoms in total. The molecule has 2 aromatic rings. The second-order valence-corrected chi connectivity index (χ2v) is 5.17. The van der Waals surface area contributed by atoms with Crippen LogP contribution in [0.25, 0.3) is 0 Å². The summed E-state index contributed by atoms with van der Waals surface area (Å²) in [7, 11) is 0. The number of aromatic nitrogens is 2. The largest absolute Gasteiger partial charge is 0.507 e. The van der Waals surface area contributed by atoms with E-state index in [0.717, 1.165) is 18.8 Å². The number of hydrogen-bond donors (Lipinski definition) is 4. The fourth-order valence-electron chi connectivity index (χ4n) is 2.28. The fourth-order valence-corrected chi connectivity index (χ4v) is 2.28. The van der Waals surface area contributed by atoms with Crippen LogP contribution in [0.2, 0.25) is 0 Å². The number of carbonyl (C=O) groups excluding carboxylic acids is 1. The minimum Gasteiger partial charge on any atom is -0.507 e. The van der Waals surface area contributed by atoms with Crippen LogP contribution in [-0.2, 0) is 11.2 Å². The molecule has 1 amide bonds. The first-order valence-electron chi connectivity index (χ1n) is 7.70. The van der Waals surface area contributed by atoms with E-state index in [4.69, 9.17) is 0 Å². The predicted octanol–water partition coefficient (Wildman–Crippen LogP) is 0.948. The number of H-pyrrole nitrogens is 2. The second kappa shape index (κ2) is 8.00. The molecule has 1 aromatic heterocycles. The summed E-state index contributed by atoms with van der Waals surface area (Å²) in [5.41, 5.74) is 3.96. The normalized spacial score (nSPS) is 10.9. The highest BCUT2D eigenvalue weighted by Crippen LogP contribution is 2.23. The Morgan fingerprint density at radius 2 is 2.04 bits per heavy atom. The Morgan fingerprint density at radius 1 is 1.29 bits per heavy atom. The molecular weight excluding hydrogens is 310 g/mol. The number of aromatic hydroxyl groups is 1. The van der Waals surface area contributed by atoms with Crippen molar-refractivity contribution < 1.29 is 9.90 Å². The van der Waals surface area contributed by atoms with Gasteiger partial charge in [-0.1, -0.05) is 0 Å². The summed E-state index contributed by atoms with van der Waals surface area (Å²) in [4.78, 5) is 24.7. The van der Waals surface area contributed by atoms with Crippen molar-refractivity contribution >= 4 is 17.8 Å². The zero-order chi connectivity index (χ0) is 17.5. The van der Waals surface area contributed by atoms with Crippen molar-refractivity contribution in [1.82, 2.24) is 15.6 Å². The summed E-state index contributed by atoms with van der Waals surface area (Å²) in [6, 6.07) is 6.60. The van der Waals surface area contributed by atoms with Gasteiger partial charge < -0.3 is 15.1 Å². The van der Waals surface area contributed by atoms with Gasteiger partial charge in [0.05, 0.1) is 12.6 Å². The number of carbonyl (C=O) groups is 1. The minimum absolute atomic E-state index is 0.00294. The van der Waals surface area contributed by atoms with Crippen molar-refractivity contribution in [2.75, 3.05) is 18.0 Å². The van der Waals surface area contributed by atoms with E-state index < -0.39 is 0 Å². The molecule has 0 atom stereocenters. The molecule has 1 aromatic carbocycles. The molecule has 128 valence electrons. The average molecular weight is 331 g/mol. The topological polar surface area (TPSA) is 114 Å². The van der Waals surface area contributed by atoms with Crippen LogP contribution in [0, 0.1) is 0 Å². The first-order valence-corrected chi connectivity index (χ1v) is 7.70. The quantitative estimate of drug-likeness (QED) is 0.447. The molecule has 0 saturated heterocycles. The summed E-state index contributed by atoms with van der Waals surface area (Å²) in [5, 5.41) is 18.8. The number of hydrogen-bond acceptors (Lipinski definition) is 5. The summed E-state index contributed by atoms with van der Waals surface area (Å²) < 4.78 is 0. The summed E-state index contributed by atoms with van der Waals surface area (Å²) in [6.45, 7) is 5.79. The molecule has 0 aliphatic carbocycles. The standard InChI is InChI=1S/C16H21N5O3/c1-3-21(4-2)13-6-5-11(14(22)9-13)10-17-19-15(23)7-12-8-16(24)20-18-12/h5-6,8-10,22H,3-4,7H2,1-2H3,(H,19,23)(H2,18,20,24). The SMILES string of the molecule is CCN(CC)c1ccc(C=NNC(=O)Cc2cc(=O)[nH][nH]2)c(O)c1. The molecular formula is C16H21N5O3. The molecule has 8 heteroatoms. The smallest absolute Gasteiger partial charge is 0.264 e. The number of phenolic OH excluding ortho intramolecular Hbond substituents is 1. The lowest BCUT2D eigenvalue weighted by molar-refractivity contribution is -0.120. The number of nitrogens with one attached hydrogen (secondary N) is 3. The van der Waals surface area contributed by atoms with Crippen molar-refractivity contribution in [2.24, 2.45) is 5.10 Å². The van der Waals surface area contributed by atoms with Gasteiger partial charge in [0.1, 0.15) is 5.75 Å². The number of aromatic amines is 2. The number of nitrogens with zero attached hydrogens (tertiary/aromatic N) is 2. The van der Waals surface area contributed by atoms with E-state index in [1.807, 2.05) is 19.9 Å². The molecule has 4 N–H and O–H groups in total. The average Bonchev–Trinajstić information content (AvgIpc) is 2.95. The Morgan fingerprint density at radius 3 is 2.62 bits per heavy atom. The van der Waals surface area contributed by atoms with Gasteiger partial charge in [-0.2, -0.15) is 5.10 Å². The van der Waals surface area contributed by atoms with Crippen LogP contribution >= 0.6 is 0 Å². The molecule has 0 bridgehead atoms. The van der Waals surface area contributed by atoms with Crippen LogP contribution in [0.4, 0.5) is 5.69 Å². The number of amides is 1. The van der Waals surface area contributed by atoms with Gasteiger partial charge >= 0.3 is 0 Å². The molecule has 0 saturated carbocycles. The number of benzene rings is 1. The van der Waals surface area contributed by atoms with Gasteiger partial charge in [-0.05, 0) is 26.0 Å². The lowest BCUT2D eigenvalue weighted by Gasteiger charge is -2.21. The Bertz CT molecular complexity index is 774. The molecule has 0 fully saturated rings. The van der Waals surface area contributed by atoms with Crippen molar-refractivity contribution in [1.29, 1.82) is 0 Å². The molecule has 24 heavy (non-hydrogen) atoms. The van der Waals surface area contributed by atoms with E-state index in [2.05, 4.69) is 25.6 Å². The Hall–Kier alpha value is -3.03. The van der Waals surface area contributed by atoms with Crippen molar-refractivity contribution in [2.45, 2.75) is 20.3 Å². The maximum atomic E-state index is 11.7. The van der Waals surface area contributed by atoms with Crippen LogP contribution in [0.3, 0.4) is 0 Å². The molecule has 0 aliphatic heterocycles.